The highest BCUT2D eigenvalue weighted by Crippen LogP contribution is 2.23. The highest BCUT2D eigenvalue weighted by atomic mass is 35.5. The van der Waals surface area contributed by atoms with Gasteiger partial charge in [-0.3, -0.25) is 4.79 Å². The minimum atomic E-state index is -0.462. The zero-order valence-corrected chi connectivity index (χ0v) is 13.6. The van der Waals surface area contributed by atoms with Gasteiger partial charge in [-0.1, -0.05) is 47.0 Å². The molecule has 0 spiro atoms. The predicted octanol–water partition coefficient (Wildman–Crippen LogP) is 3.83. The van der Waals surface area contributed by atoms with Crippen molar-refractivity contribution in [2.24, 2.45) is 0 Å². The van der Waals surface area contributed by atoms with Crippen LogP contribution in [-0.4, -0.2) is 20.7 Å². The fraction of sp³-hybridized carbons (Fsp3) is 0.0625. The molecular weight excluding hydrogens is 335 g/mol. The van der Waals surface area contributed by atoms with Crippen LogP contribution in [0.15, 0.2) is 42.5 Å². The Kier molecular flexibility index (Phi) is 4.07. The first-order valence-electron chi connectivity index (χ1n) is 6.75. The van der Waals surface area contributed by atoms with E-state index in [1.165, 1.54) is 12.1 Å². The highest BCUT2D eigenvalue weighted by Gasteiger charge is 2.19. The summed E-state index contributed by atoms with van der Waals surface area (Å²) in [6, 6.07) is 12.2. The molecular formula is C16H12Cl2N4O. The van der Waals surface area contributed by atoms with Gasteiger partial charge in [0.2, 0.25) is 5.95 Å². The highest BCUT2D eigenvalue weighted by molar-refractivity contribution is 6.36. The van der Waals surface area contributed by atoms with Gasteiger partial charge in [-0.25, -0.2) is 0 Å². The summed E-state index contributed by atoms with van der Waals surface area (Å²) in [4.78, 5) is 16.7. The molecule has 5 nitrogen and oxygen atoms in total. The van der Waals surface area contributed by atoms with E-state index in [0.717, 1.165) is 15.8 Å². The Morgan fingerprint density at radius 1 is 1.17 bits per heavy atom. The van der Waals surface area contributed by atoms with E-state index in [9.17, 15) is 4.79 Å². The van der Waals surface area contributed by atoms with Gasteiger partial charge in [0.15, 0.2) is 5.82 Å². The molecule has 3 aromatic rings. The summed E-state index contributed by atoms with van der Waals surface area (Å²) in [6.07, 6.45) is 0. The molecule has 0 unspecified atom stereocenters. The molecule has 0 radical (unpaired) electrons. The van der Waals surface area contributed by atoms with Crippen molar-refractivity contribution >= 4 is 35.1 Å². The average molecular weight is 347 g/mol. The van der Waals surface area contributed by atoms with Crippen LogP contribution in [-0.2, 0) is 0 Å². The maximum absolute atomic E-state index is 12.6. The molecule has 2 N–H and O–H groups in total. The maximum Gasteiger partial charge on any atom is 0.282 e. The average Bonchev–Trinajstić information content (AvgIpc) is 2.89. The van der Waals surface area contributed by atoms with Crippen LogP contribution in [0.5, 0.6) is 0 Å². The van der Waals surface area contributed by atoms with Gasteiger partial charge in [0.05, 0.1) is 10.6 Å². The van der Waals surface area contributed by atoms with Crippen molar-refractivity contribution in [1.29, 1.82) is 0 Å². The molecule has 0 aliphatic rings. The molecule has 0 amide bonds. The number of hydrogen-bond acceptors (Lipinski definition) is 4. The first-order valence-corrected chi connectivity index (χ1v) is 7.50. The van der Waals surface area contributed by atoms with E-state index < -0.39 is 5.91 Å². The van der Waals surface area contributed by atoms with E-state index >= 15 is 0 Å². The molecule has 7 heteroatoms. The third kappa shape index (κ3) is 3.06. The van der Waals surface area contributed by atoms with Crippen molar-refractivity contribution in [3.8, 4) is 11.4 Å². The Balaban J connectivity index is 2.02. The molecule has 0 saturated heterocycles. The van der Waals surface area contributed by atoms with Gasteiger partial charge in [0, 0.05) is 10.6 Å². The smallest absolute Gasteiger partial charge is 0.282 e. The van der Waals surface area contributed by atoms with Crippen molar-refractivity contribution in [2.75, 3.05) is 5.73 Å². The van der Waals surface area contributed by atoms with Gasteiger partial charge in [-0.2, -0.15) is 9.67 Å². The third-order valence-electron chi connectivity index (χ3n) is 3.26. The number of benzene rings is 2. The van der Waals surface area contributed by atoms with E-state index in [-0.39, 0.29) is 16.5 Å². The topological polar surface area (TPSA) is 73.8 Å². The fourth-order valence-corrected chi connectivity index (χ4v) is 2.65. The number of carbonyl (C=O) groups excluding carboxylic acids is 1. The molecule has 1 aromatic heterocycles. The normalized spacial score (nSPS) is 10.7. The minimum absolute atomic E-state index is 0.00229. The molecule has 2 aromatic carbocycles. The van der Waals surface area contributed by atoms with Crippen molar-refractivity contribution < 1.29 is 4.79 Å². The Labute approximate surface area is 142 Å². The van der Waals surface area contributed by atoms with Crippen LogP contribution in [0.1, 0.15) is 15.9 Å². The summed E-state index contributed by atoms with van der Waals surface area (Å²) >= 11 is 11.9. The van der Waals surface area contributed by atoms with Crippen LogP contribution in [0.25, 0.3) is 11.4 Å². The van der Waals surface area contributed by atoms with Crippen molar-refractivity contribution in [3.63, 3.8) is 0 Å². The number of rotatable bonds is 2. The van der Waals surface area contributed by atoms with Gasteiger partial charge in [-0.05, 0) is 31.2 Å². The molecule has 116 valence electrons. The largest absolute Gasteiger partial charge is 0.368 e. The molecule has 0 aliphatic carbocycles. The first-order chi connectivity index (χ1) is 11.0. The number of anilines is 1. The number of aromatic nitrogens is 3. The van der Waals surface area contributed by atoms with Crippen molar-refractivity contribution in [1.82, 2.24) is 14.8 Å². The van der Waals surface area contributed by atoms with Gasteiger partial charge < -0.3 is 5.73 Å². The van der Waals surface area contributed by atoms with Crippen LogP contribution in [0.4, 0.5) is 5.95 Å². The SMILES string of the molecule is Cc1cccc(-c2nc(N)n(C(=O)c3ccc(Cl)cc3Cl)n2)c1. The Bertz CT molecular complexity index is 905. The lowest BCUT2D eigenvalue weighted by Crippen LogP contribution is -2.16. The van der Waals surface area contributed by atoms with Crippen LogP contribution in [0.2, 0.25) is 10.0 Å². The molecule has 0 saturated carbocycles. The number of nitrogens with two attached hydrogens (primary N) is 1. The fourth-order valence-electron chi connectivity index (χ4n) is 2.16. The standard InChI is InChI=1S/C16H12Cl2N4O/c1-9-3-2-4-10(7-9)14-20-16(19)22(21-14)15(23)12-6-5-11(17)8-13(12)18/h2-8H,1H3,(H2,19,20,21). The van der Waals surface area contributed by atoms with Crippen molar-refractivity contribution in [2.45, 2.75) is 6.92 Å². The lowest BCUT2D eigenvalue weighted by atomic mass is 10.1. The summed E-state index contributed by atoms with van der Waals surface area (Å²) in [5.74, 6) is -0.0854. The van der Waals surface area contributed by atoms with E-state index in [2.05, 4.69) is 10.1 Å². The lowest BCUT2D eigenvalue weighted by Gasteiger charge is -2.04. The molecule has 1 heterocycles. The zero-order valence-electron chi connectivity index (χ0n) is 12.1. The summed E-state index contributed by atoms with van der Waals surface area (Å²) < 4.78 is 1.03. The lowest BCUT2D eigenvalue weighted by molar-refractivity contribution is 0.0948. The number of aryl methyl sites for hydroxylation is 1. The van der Waals surface area contributed by atoms with Crippen LogP contribution < -0.4 is 5.73 Å². The predicted molar refractivity (Wildman–Crippen MR) is 90.8 cm³/mol. The molecule has 0 aliphatic heterocycles. The second-order valence-corrected chi connectivity index (χ2v) is 5.85. The molecule has 3 rings (SSSR count). The Hall–Kier alpha value is -2.37. The monoisotopic (exact) mass is 346 g/mol. The second kappa shape index (κ2) is 6.02. The summed E-state index contributed by atoms with van der Waals surface area (Å²) in [7, 11) is 0. The van der Waals surface area contributed by atoms with E-state index in [4.69, 9.17) is 28.9 Å². The summed E-state index contributed by atoms with van der Waals surface area (Å²) in [6.45, 7) is 1.96. The quantitative estimate of drug-likeness (QED) is 0.765. The molecule has 23 heavy (non-hydrogen) atoms. The van der Waals surface area contributed by atoms with E-state index in [1.807, 2.05) is 31.2 Å². The van der Waals surface area contributed by atoms with Crippen molar-refractivity contribution in [3.05, 3.63) is 63.6 Å². The number of carbonyl (C=O) groups is 1. The number of nitrogens with zero attached hydrogens (tertiary/aromatic N) is 3. The van der Waals surface area contributed by atoms with Gasteiger partial charge >= 0.3 is 0 Å². The first kappa shape index (κ1) is 15.5. The number of hydrogen-bond donors (Lipinski definition) is 1. The van der Waals surface area contributed by atoms with Crippen LogP contribution in [0, 0.1) is 6.92 Å². The molecule has 0 atom stereocenters. The summed E-state index contributed by atoms with van der Waals surface area (Å²) in [5.41, 5.74) is 7.93. The third-order valence-corrected chi connectivity index (χ3v) is 3.81. The van der Waals surface area contributed by atoms with Gasteiger partial charge in [0.1, 0.15) is 0 Å². The Morgan fingerprint density at radius 3 is 2.65 bits per heavy atom. The van der Waals surface area contributed by atoms with Crippen LogP contribution >= 0.6 is 23.2 Å². The zero-order chi connectivity index (χ0) is 16.6. The van der Waals surface area contributed by atoms with Gasteiger partial charge in [0.25, 0.3) is 5.91 Å². The molecule has 0 bridgehead atoms. The summed E-state index contributed by atoms with van der Waals surface area (Å²) in [5, 5.41) is 4.87. The number of halogens is 2. The Morgan fingerprint density at radius 2 is 1.96 bits per heavy atom. The second-order valence-electron chi connectivity index (χ2n) is 5.00. The van der Waals surface area contributed by atoms with E-state index in [1.54, 1.807) is 6.07 Å². The van der Waals surface area contributed by atoms with Crippen LogP contribution in [0.3, 0.4) is 0 Å². The maximum atomic E-state index is 12.6. The minimum Gasteiger partial charge on any atom is -0.368 e. The van der Waals surface area contributed by atoms with Gasteiger partial charge in [-0.15, -0.1) is 5.10 Å². The van der Waals surface area contributed by atoms with E-state index in [0.29, 0.717) is 10.8 Å². The number of nitrogen functional groups attached to an aromatic ring is 1. The molecule has 0 fully saturated rings.